The molecule has 2 rings (SSSR count). The molecule has 0 saturated carbocycles. The summed E-state index contributed by atoms with van der Waals surface area (Å²) in [6, 6.07) is 0. The third kappa shape index (κ3) is 12.1. The van der Waals surface area contributed by atoms with E-state index in [0.717, 1.165) is 13.2 Å². The van der Waals surface area contributed by atoms with Gasteiger partial charge in [0.2, 0.25) is 0 Å². The van der Waals surface area contributed by atoms with Gasteiger partial charge >= 0.3 is 0 Å². The summed E-state index contributed by atoms with van der Waals surface area (Å²) in [5, 5.41) is 9.96. The molecule has 0 atom stereocenters. The van der Waals surface area contributed by atoms with E-state index in [-0.39, 0.29) is 0 Å². The molecule has 0 spiro atoms. The molecule has 2 aromatic heterocycles. The number of hydrogen-bond donors (Lipinski definition) is 1. The Morgan fingerprint density at radius 1 is 0.710 bits per heavy atom. The maximum Gasteiger partial charge on any atom is 0.169 e. The fourth-order valence-electron chi connectivity index (χ4n) is 3.47. The van der Waals surface area contributed by atoms with E-state index >= 15 is 0 Å². The standard InChI is InChI=1S/C16H34O.C9H12N4O/c1-3-5-7-9-11-13-15-17-16-14-12-10-8-6-4-2;1-12-5-3-10-8(12)7(14)9-11-4-6-13(9)2/h3-16H2,1-2H3;3-7,14H,1-2H3. The zero-order valence-electron chi connectivity index (χ0n) is 20.4. The highest BCUT2D eigenvalue weighted by Crippen LogP contribution is 2.17. The van der Waals surface area contributed by atoms with Crippen LogP contribution >= 0.6 is 0 Å². The Hall–Kier alpha value is -1.66. The highest BCUT2D eigenvalue weighted by atomic mass is 16.5. The van der Waals surface area contributed by atoms with E-state index < -0.39 is 6.10 Å². The van der Waals surface area contributed by atoms with Gasteiger partial charge < -0.3 is 19.0 Å². The second kappa shape index (κ2) is 18.0. The van der Waals surface area contributed by atoms with E-state index in [0.29, 0.717) is 11.6 Å². The molecule has 0 amide bonds. The van der Waals surface area contributed by atoms with E-state index in [4.69, 9.17) is 4.74 Å². The Balaban J connectivity index is 0.000000314. The maximum atomic E-state index is 9.96. The lowest BCUT2D eigenvalue weighted by molar-refractivity contribution is 0.125. The van der Waals surface area contributed by atoms with E-state index in [2.05, 4.69) is 23.8 Å². The Bertz CT molecular complexity index is 599. The number of rotatable bonds is 16. The van der Waals surface area contributed by atoms with Crippen molar-refractivity contribution in [1.82, 2.24) is 19.1 Å². The monoisotopic (exact) mass is 434 g/mol. The molecule has 0 aromatic carbocycles. The third-order valence-electron chi connectivity index (χ3n) is 5.49. The first kappa shape index (κ1) is 27.4. The number of aliphatic hydroxyl groups excluding tert-OH is 1. The van der Waals surface area contributed by atoms with Gasteiger partial charge in [-0.05, 0) is 12.8 Å². The van der Waals surface area contributed by atoms with Crippen LogP contribution in [0.25, 0.3) is 0 Å². The number of aliphatic hydroxyl groups is 1. The lowest BCUT2D eigenvalue weighted by Gasteiger charge is -2.09. The fourth-order valence-corrected chi connectivity index (χ4v) is 3.47. The van der Waals surface area contributed by atoms with Gasteiger partial charge in [0.1, 0.15) is 11.6 Å². The van der Waals surface area contributed by atoms with Crippen LogP contribution in [0.4, 0.5) is 0 Å². The van der Waals surface area contributed by atoms with Crippen LogP contribution in [-0.4, -0.2) is 37.4 Å². The minimum absolute atomic E-state index is 0.597. The molecule has 6 heteroatoms. The van der Waals surface area contributed by atoms with Gasteiger partial charge in [-0.3, -0.25) is 0 Å². The van der Waals surface area contributed by atoms with Gasteiger partial charge in [0, 0.05) is 52.1 Å². The lowest BCUT2D eigenvalue weighted by Crippen LogP contribution is -2.11. The quantitative estimate of drug-likeness (QED) is 0.331. The first-order valence-corrected chi connectivity index (χ1v) is 12.3. The molecule has 0 aliphatic carbocycles. The second-order valence-electron chi connectivity index (χ2n) is 8.34. The molecule has 0 bridgehead atoms. The average molecular weight is 435 g/mol. The molecule has 0 fully saturated rings. The topological polar surface area (TPSA) is 65.1 Å². The van der Waals surface area contributed by atoms with Gasteiger partial charge in [0.05, 0.1) is 0 Å². The lowest BCUT2D eigenvalue weighted by atomic mass is 10.1. The predicted molar refractivity (Wildman–Crippen MR) is 128 cm³/mol. The molecule has 0 aliphatic heterocycles. The predicted octanol–water partition coefficient (Wildman–Crippen LogP) is 5.96. The Kier molecular flexibility index (Phi) is 15.9. The number of aryl methyl sites for hydroxylation is 2. The summed E-state index contributed by atoms with van der Waals surface area (Å²) in [5.74, 6) is 1.19. The van der Waals surface area contributed by atoms with Gasteiger partial charge in [-0.2, -0.15) is 0 Å². The third-order valence-corrected chi connectivity index (χ3v) is 5.49. The molecule has 0 aliphatic rings. The SMILES string of the molecule is CCCCCCCCOCCCCCCCC.Cn1ccnc1C(O)c1nccn1C. The molecule has 0 unspecified atom stereocenters. The Morgan fingerprint density at radius 3 is 1.45 bits per heavy atom. The van der Waals surface area contributed by atoms with Crippen LogP contribution in [-0.2, 0) is 18.8 Å². The van der Waals surface area contributed by atoms with Gasteiger partial charge in [0.15, 0.2) is 6.10 Å². The molecule has 31 heavy (non-hydrogen) atoms. The van der Waals surface area contributed by atoms with Crippen molar-refractivity contribution in [1.29, 1.82) is 0 Å². The van der Waals surface area contributed by atoms with Crippen molar-refractivity contribution in [3.05, 3.63) is 36.4 Å². The smallest absolute Gasteiger partial charge is 0.169 e. The summed E-state index contributed by atoms with van der Waals surface area (Å²) in [6.45, 7) is 6.51. The van der Waals surface area contributed by atoms with Crippen molar-refractivity contribution in [2.75, 3.05) is 13.2 Å². The van der Waals surface area contributed by atoms with Gasteiger partial charge in [-0.15, -0.1) is 0 Å². The maximum absolute atomic E-state index is 9.96. The summed E-state index contributed by atoms with van der Waals surface area (Å²) in [6.07, 6.45) is 22.5. The van der Waals surface area contributed by atoms with Crippen molar-refractivity contribution in [2.45, 2.75) is 97.0 Å². The number of imidazole rings is 2. The molecule has 6 nitrogen and oxygen atoms in total. The molecule has 178 valence electrons. The van der Waals surface area contributed by atoms with Crippen LogP contribution < -0.4 is 0 Å². The molecule has 1 N–H and O–H groups in total. The minimum Gasteiger partial charge on any atom is -0.381 e. The summed E-state index contributed by atoms with van der Waals surface area (Å²) in [5.41, 5.74) is 0. The highest BCUT2D eigenvalue weighted by Gasteiger charge is 2.18. The summed E-state index contributed by atoms with van der Waals surface area (Å²) in [7, 11) is 3.68. The second-order valence-corrected chi connectivity index (χ2v) is 8.34. The van der Waals surface area contributed by atoms with Crippen LogP contribution in [0.2, 0.25) is 0 Å². The molecule has 2 heterocycles. The van der Waals surface area contributed by atoms with Gasteiger partial charge in [0.25, 0.3) is 0 Å². The minimum atomic E-state index is -0.769. The van der Waals surface area contributed by atoms with E-state index in [9.17, 15) is 5.11 Å². The zero-order valence-corrected chi connectivity index (χ0v) is 20.4. The molecule has 0 radical (unpaired) electrons. The summed E-state index contributed by atoms with van der Waals surface area (Å²) >= 11 is 0. The van der Waals surface area contributed by atoms with E-state index in [1.165, 1.54) is 77.0 Å². The number of hydrogen-bond acceptors (Lipinski definition) is 4. The number of unbranched alkanes of at least 4 members (excludes halogenated alkanes) is 10. The van der Waals surface area contributed by atoms with Crippen molar-refractivity contribution in [3.8, 4) is 0 Å². The first-order chi connectivity index (χ1) is 15.1. The van der Waals surface area contributed by atoms with Crippen LogP contribution in [0.5, 0.6) is 0 Å². The molecular formula is C25H46N4O2. The van der Waals surface area contributed by atoms with Crippen LogP contribution in [0.1, 0.15) is 109 Å². The zero-order chi connectivity index (χ0) is 22.7. The first-order valence-electron chi connectivity index (χ1n) is 12.3. The van der Waals surface area contributed by atoms with Crippen molar-refractivity contribution < 1.29 is 9.84 Å². The van der Waals surface area contributed by atoms with Gasteiger partial charge in [-0.25, -0.2) is 9.97 Å². The number of ether oxygens (including phenoxy) is 1. The van der Waals surface area contributed by atoms with E-state index in [1.54, 1.807) is 33.9 Å². The summed E-state index contributed by atoms with van der Waals surface area (Å²) in [4.78, 5) is 8.14. The van der Waals surface area contributed by atoms with Gasteiger partial charge in [-0.1, -0.05) is 78.1 Å². The number of aromatic nitrogens is 4. The van der Waals surface area contributed by atoms with Crippen LogP contribution in [0.3, 0.4) is 0 Å². The highest BCUT2D eigenvalue weighted by molar-refractivity contribution is 5.09. The van der Waals surface area contributed by atoms with Crippen molar-refractivity contribution in [3.63, 3.8) is 0 Å². The largest absolute Gasteiger partial charge is 0.381 e. The Morgan fingerprint density at radius 2 is 1.10 bits per heavy atom. The fraction of sp³-hybridized carbons (Fsp3) is 0.760. The van der Waals surface area contributed by atoms with Crippen molar-refractivity contribution >= 4 is 0 Å². The van der Waals surface area contributed by atoms with Crippen molar-refractivity contribution in [2.24, 2.45) is 14.1 Å². The summed E-state index contributed by atoms with van der Waals surface area (Å²) < 4.78 is 9.20. The molecule has 0 saturated heterocycles. The van der Waals surface area contributed by atoms with E-state index in [1.807, 2.05) is 14.1 Å². The average Bonchev–Trinajstić information content (AvgIpc) is 3.39. The number of nitrogens with zero attached hydrogens (tertiary/aromatic N) is 4. The Labute approximate surface area is 190 Å². The molecule has 2 aromatic rings. The van der Waals surface area contributed by atoms with Crippen LogP contribution in [0, 0.1) is 0 Å². The van der Waals surface area contributed by atoms with Crippen LogP contribution in [0.15, 0.2) is 24.8 Å². The normalized spacial score (nSPS) is 11.0. The molecular weight excluding hydrogens is 388 g/mol.